The molecule has 0 unspecified atom stereocenters. The minimum absolute atomic E-state index is 0.549. The van der Waals surface area contributed by atoms with E-state index in [0.717, 1.165) is 28.4 Å². The Balaban J connectivity index is 1.77. The highest BCUT2D eigenvalue weighted by Gasteiger charge is 2.07. The van der Waals surface area contributed by atoms with Gasteiger partial charge in [-0.2, -0.15) is 4.98 Å². The zero-order chi connectivity index (χ0) is 18.4. The van der Waals surface area contributed by atoms with Gasteiger partial charge in [0.25, 0.3) is 0 Å². The SMILES string of the molecule is COc1ccccc1CNc1nc(C)cc(Nc2ccccc2OC)n1. The minimum atomic E-state index is 0.549. The summed E-state index contributed by atoms with van der Waals surface area (Å²) >= 11 is 0. The maximum atomic E-state index is 5.38. The number of anilines is 3. The number of ether oxygens (including phenoxy) is 2. The van der Waals surface area contributed by atoms with E-state index in [1.165, 1.54) is 0 Å². The second-order valence-corrected chi connectivity index (χ2v) is 5.71. The van der Waals surface area contributed by atoms with Crippen molar-refractivity contribution >= 4 is 17.5 Å². The summed E-state index contributed by atoms with van der Waals surface area (Å²) in [6, 6.07) is 17.5. The lowest BCUT2D eigenvalue weighted by Gasteiger charge is -2.13. The number of benzene rings is 2. The molecule has 0 fully saturated rings. The van der Waals surface area contributed by atoms with Crippen molar-refractivity contribution in [3.8, 4) is 11.5 Å². The molecular weight excluding hydrogens is 328 g/mol. The number of para-hydroxylation sites is 3. The topological polar surface area (TPSA) is 68.3 Å². The predicted molar refractivity (Wildman–Crippen MR) is 103 cm³/mol. The average Bonchev–Trinajstić information content (AvgIpc) is 2.66. The molecule has 3 rings (SSSR count). The molecule has 0 radical (unpaired) electrons. The van der Waals surface area contributed by atoms with Crippen LogP contribution in [-0.2, 0) is 6.54 Å². The van der Waals surface area contributed by atoms with Crippen molar-refractivity contribution in [3.05, 3.63) is 65.9 Å². The van der Waals surface area contributed by atoms with Crippen LogP contribution in [0.4, 0.5) is 17.5 Å². The third-order valence-electron chi connectivity index (χ3n) is 3.85. The second kappa shape index (κ2) is 8.20. The molecule has 0 amide bonds. The summed E-state index contributed by atoms with van der Waals surface area (Å²) in [6.07, 6.45) is 0. The highest BCUT2D eigenvalue weighted by molar-refractivity contribution is 5.64. The molecule has 0 bridgehead atoms. The summed E-state index contributed by atoms with van der Waals surface area (Å²) in [7, 11) is 3.31. The van der Waals surface area contributed by atoms with Crippen molar-refractivity contribution in [3.63, 3.8) is 0 Å². The number of hydrogen-bond acceptors (Lipinski definition) is 6. The highest BCUT2D eigenvalue weighted by Crippen LogP contribution is 2.27. The molecule has 26 heavy (non-hydrogen) atoms. The van der Waals surface area contributed by atoms with E-state index < -0.39 is 0 Å². The fraction of sp³-hybridized carbons (Fsp3) is 0.200. The Bertz CT molecular complexity index is 883. The van der Waals surface area contributed by atoms with Gasteiger partial charge in [-0.3, -0.25) is 0 Å². The number of aromatic nitrogens is 2. The third-order valence-corrected chi connectivity index (χ3v) is 3.85. The first-order valence-corrected chi connectivity index (χ1v) is 8.31. The first kappa shape index (κ1) is 17.5. The number of aryl methyl sites for hydroxylation is 1. The van der Waals surface area contributed by atoms with Gasteiger partial charge >= 0.3 is 0 Å². The van der Waals surface area contributed by atoms with Crippen molar-refractivity contribution in [1.82, 2.24) is 9.97 Å². The maximum Gasteiger partial charge on any atom is 0.225 e. The van der Waals surface area contributed by atoms with Crippen LogP contribution in [-0.4, -0.2) is 24.2 Å². The van der Waals surface area contributed by atoms with E-state index >= 15 is 0 Å². The molecule has 0 aliphatic heterocycles. The van der Waals surface area contributed by atoms with Gasteiger partial charge in [-0.05, 0) is 25.1 Å². The molecule has 3 aromatic rings. The van der Waals surface area contributed by atoms with Gasteiger partial charge in [0, 0.05) is 23.9 Å². The van der Waals surface area contributed by atoms with E-state index in [9.17, 15) is 0 Å². The molecule has 0 saturated heterocycles. The lowest BCUT2D eigenvalue weighted by atomic mass is 10.2. The number of rotatable bonds is 7. The van der Waals surface area contributed by atoms with Gasteiger partial charge < -0.3 is 20.1 Å². The standard InChI is InChI=1S/C20H22N4O2/c1-14-12-19(23-16-9-5-7-11-18(16)26-3)24-20(22-14)21-13-15-8-4-6-10-17(15)25-2/h4-12H,13H2,1-3H3,(H2,21,22,23,24). The molecule has 6 heteroatoms. The van der Waals surface area contributed by atoms with Gasteiger partial charge in [-0.1, -0.05) is 30.3 Å². The summed E-state index contributed by atoms with van der Waals surface area (Å²) in [4.78, 5) is 9.00. The van der Waals surface area contributed by atoms with Crippen LogP contribution in [0.2, 0.25) is 0 Å². The largest absolute Gasteiger partial charge is 0.496 e. The van der Waals surface area contributed by atoms with Crippen LogP contribution < -0.4 is 20.1 Å². The van der Waals surface area contributed by atoms with Crippen molar-refractivity contribution < 1.29 is 9.47 Å². The van der Waals surface area contributed by atoms with Gasteiger partial charge in [0.2, 0.25) is 5.95 Å². The zero-order valence-electron chi connectivity index (χ0n) is 15.1. The van der Waals surface area contributed by atoms with Crippen LogP contribution in [0.3, 0.4) is 0 Å². The van der Waals surface area contributed by atoms with E-state index in [2.05, 4.69) is 20.6 Å². The van der Waals surface area contributed by atoms with Crippen LogP contribution in [0.25, 0.3) is 0 Å². The number of nitrogens with zero attached hydrogens (tertiary/aromatic N) is 2. The molecule has 1 aromatic heterocycles. The normalized spacial score (nSPS) is 10.3. The van der Waals surface area contributed by atoms with Crippen molar-refractivity contribution in [1.29, 1.82) is 0 Å². The first-order chi connectivity index (χ1) is 12.7. The summed E-state index contributed by atoms with van der Waals surface area (Å²) in [5, 5.41) is 6.54. The molecule has 6 nitrogen and oxygen atoms in total. The Morgan fingerprint density at radius 3 is 2.35 bits per heavy atom. The molecule has 134 valence electrons. The Morgan fingerprint density at radius 2 is 1.58 bits per heavy atom. The maximum absolute atomic E-state index is 5.38. The molecule has 0 saturated carbocycles. The van der Waals surface area contributed by atoms with Crippen LogP contribution in [0.5, 0.6) is 11.5 Å². The smallest absolute Gasteiger partial charge is 0.225 e. The lowest BCUT2D eigenvalue weighted by molar-refractivity contribution is 0.410. The molecule has 0 spiro atoms. The average molecular weight is 350 g/mol. The molecular formula is C20H22N4O2. The van der Waals surface area contributed by atoms with Crippen LogP contribution in [0.15, 0.2) is 54.6 Å². The van der Waals surface area contributed by atoms with Gasteiger partial charge in [0.15, 0.2) is 0 Å². The van der Waals surface area contributed by atoms with Crippen molar-refractivity contribution in [2.45, 2.75) is 13.5 Å². The fourth-order valence-corrected chi connectivity index (χ4v) is 2.62. The zero-order valence-corrected chi connectivity index (χ0v) is 15.1. The molecule has 0 atom stereocenters. The summed E-state index contributed by atoms with van der Waals surface area (Å²) in [5.74, 6) is 2.84. The van der Waals surface area contributed by atoms with Crippen LogP contribution >= 0.6 is 0 Å². The molecule has 2 aromatic carbocycles. The van der Waals surface area contributed by atoms with E-state index in [4.69, 9.17) is 9.47 Å². The summed E-state index contributed by atoms with van der Waals surface area (Å²) in [5.41, 5.74) is 2.75. The highest BCUT2D eigenvalue weighted by atomic mass is 16.5. The third kappa shape index (κ3) is 4.22. The Morgan fingerprint density at radius 1 is 0.885 bits per heavy atom. The molecule has 1 heterocycles. The Kier molecular flexibility index (Phi) is 5.53. The predicted octanol–water partition coefficient (Wildman–Crippen LogP) is 4.16. The monoisotopic (exact) mass is 350 g/mol. The minimum Gasteiger partial charge on any atom is -0.496 e. The van der Waals surface area contributed by atoms with E-state index in [1.807, 2.05) is 61.5 Å². The van der Waals surface area contributed by atoms with Crippen LogP contribution in [0, 0.1) is 6.92 Å². The van der Waals surface area contributed by atoms with E-state index in [0.29, 0.717) is 18.3 Å². The second-order valence-electron chi connectivity index (χ2n) is 5.71. The van der Waals surface area contributed by atoms with E-state index in [-0.39, 0.29) is 0 Å². The van der Waals surface area contributed by atoms with Gasteiger partial charge in [-0.15, -0.1) is 0 Å². The lowest BCUT2D eigenvalue weighted by Crippen LogP contribution is -2.07. The van der Waals surface area contributed by atoms with E-state index in [1.54, 1.807) is 14.2 Å². The van der Waals surface area contributed by atoms with Gasteiger partial charge in [0.1, 0.15) is 17.3 Å². The quantitative estimate of drug-likeness (QED) is 0.667. The summed E-state index contributed by atoms with van der Waals surface area (Å²) < 4.78 is 10.8. The summed E-state index contributed by atoms with van der Waals surface area (Å²) in [6.45, 7) is 2.50. The van der Waals surface area contributed by atoms with Crippen molar-refractivity contribution in [2.24, 2.45) is 0 Å². The molecule has 0 aliphatic carbocycles. The number of hydrogen-bond donors (Lipinski definition) is 2. The van der Waals surface area contributed by atoms with Gasteiger partial charge in [-0.25, -0.2) is 4.98 Å². The van der Waals surface area contributed by atoms with Gasteiger partial charge in [0.05, 0.1) is 19.9 Å². The number of nitrogens with one attached hydrogen (secondary N) is 2. The van der Waals surface area contributed by atoms with Crippen molar-refractivity contribution in [2.75, 3.05) is 24.9 Å². The fourth-order valence-electron chi connectivity index (χ4n) is 2.62. The Labute approximate surface area is 153 Å². The first-order valence-electron chi connectivity index (χ1n) is 8.31. The molecule has 0 aliphatic rings. The molecule has 2 N–H and O–H groups in total. The van der Waals surface area contributed by atoms with Crippen LogP contribution in [0.1, 0.15) is 11.3 Å². The number of methoxy groups -OCH3 is 2. The Hall–Kier alpha value is -3.28.